The number of nitrogens with zero attached hydrogens (tertiary/aromatic N) is 1. The van der Waals surface area contributed by atoms with Crippen LogP contribution in [0.25, 0.3) is 0 Å². The summed E-state index contributed by atoms with van der Waals surface area (Å²) in [7, 11) is 0. The Morgan fingerprint density at radius 2 is 2.08 bits per heavy atom. The molecule has 0 spiro atoms. The highest BCUT2D eigenvalue weighted by Gasteiger charge is 2.13. The Morgan fingerprint density at radius 3 is 2.50 bits per heavy atom. The summed E-state index contributed by atoms with van der Waals surface area (Å²) in [5.41, 5.74) is -0.315. The fourth-order valence-corrected chi connectivity index (χ4v) is 1.07. The Hall–Kier alpha value is -0.580. The van der Waals surface area contributed by atoms with Crippen LogP contribution < -0.4 is 0 Å². The molecule has 0 unspecified atom stereocenters. The van der Waals surface area contributed by atoms with Crippen molar-refractivity contribution in [1.82, 2.24) is 4.98 Å². The van der Waals surface area contributed by atoms with Gasteiger partial charge in [-0.1, -0.05) is 0 Å². The standard InChI is InChI=1S/C7H5BrF3N/c1-3-4(9)2-5(7(10)11)12-6(3)8/h2,7H,1H3. The minimum atomic E-state index is -2.74. The molecule has 0 aliphatic heterocycles. The lowest BCUT2D eigenvalue weighted by Crippen LogP contribution is -1.95. The molecule has 0 aliphatic rings. The number of rotatable bonds is 1. The number of alkyl halides is 2. The summed E-state index contributed by atoms with van der Waals surface area (Å²) in [6, 6.07) is 0.741. The van der Waals surface area contributed by atoms with Crippen molar-refractivity contribution < 1.29 is 13.2 Å². The fourth-order valence-electron chi connectivity index (χ4n) is 0.678. The average Bonchev–Trinajstić information content (AvgIpc) is 1.99. The summed E-state index contributed by atoms with van der Waals surface area (Å²) < 4.78 is 36.9. The second-order valence-corrected chi connectivity index (χ2v) is 3.00. The van der Waals surface area contributed by atoms with Crippen LogP contribution in [0.4, 0.5) is 13.2 Å². The molecule has 1 aromatic rings. The van der Waals surface area contributed by atoms with Gasteiger partial charge in [-0.25, -0.2) is 18.2 Å². The van der Waals surface area contributed by atoms with Crippen LogP contribution in [0, 0.1) is 12.7 Å². The highest BCUT2D eigenvalue weighted by Crippen LogP contribution is 2.23. The molecule has 0 aromatic carbocycles. The molecule has 0 aliphatic carbocycles. The van der Waals surface area contributed by atoms with E-state index in [0.29, 0.717) is 0 Å². The summed E-state index contributed by atoms with van der Waals surface area (Å²) in [5.74, 6) is -0.674. The highest BCUT2D eigenvalue weighted by atomic mass is 79.9. The third-order valence-corrected chi connectivity index (χ3v) is 2.17. The van der Waals surface area contributed by atoms with Gasteiger partial charge in [-0.3, -0.25) is 0 Å². The van der Waals surface area contributed by atoms with Gasteiger partial charge >= 0.3 is 0 Å². The van der Waals surface area contributed by atoms with Crippen molar-refractivity contribution in [2.24, 2.45) is 0 Å². The molecule has 5 heteroatoms. The molecule has 1 nitrogen and oxygen atoms in total. The lowest BCUT2D eigenvalue weighted by atomic mass is 10.2. The molecule has 0 amide bonds. The Labute approximate surface area is 75.7 Å². The average molecular weight is 240 g/mol. The third kappa shape index (κ3) is 1.77. The smallest absolute Gasteiger partial charge is 0.239 e. The lowest BCUT2D eigenvalue weighted by Gasteiger charge is -2.02. The minimum Gasteiger partial charge on any atom is -0.239 e. The molecule has 0 bridgehead atoms. The first-order valence-corrected chi connectivity index (χ1v) is 3.92. The maximum atomic E-state index is 12.8. The molecule has 1 rings (SSSR count). The molecule has 0 N–H and O–H groups in total. The van der Waals surface area contributed by atoms with Crippen LogP contribution in [-0.4, -0.2) is 4.98 Å². The van der Waals surface area contributed by atoms with E-state index in [2.05, 4.69) is 20.9 Å². The topological polar surface area (TPSA) is 12.9 Å². The maximum absolute atomic E-state index is 12.8. The van der Waals surface area contributed by atoms with Gasteiger partial charge < -0.3 is 0 Å². The van der Waals surface area contributed by atoms with E-state index in [1.807, 2.05) is 0 Å². The second kappa shape index (κ2) is 3.43. The SMILES string of the molecule is Cc1c(F)cc(C(F)F)nc1Br. The quantitative estimate of drug-likeness (QED) is 0.686. The van der Waals surface area contributed by atoms with E-state index in [1.54, 1.807) is 0 Å². The number of hydrogen-bond acceptors (Lipinski definition) is 1. The van der Waals surface area contributed by atoms with Crippen LogP contribution >= 0.6 is 15.9 Å². The van der Waals surface area contributed by atoms with Crippen LogP contribution in [0.2, 0.25) is 0 Å². The number of hydrogen-bond donors (Lipinski definition) is 0. The number of aromatic nitrogens is 1. The summed E-state index contributed by atoms with van der Waals surface area (Å²) in [6.45, 7) is 1.46. The summed E-state index contributed by atoms with van der Waals surface area (Å²) in [4.78, 5) is 3.46. The lowest BCUT2D eigenvalue weighted by molar-refractivity contribution is 0.145. The fraction of sp³-hybridized carbons (Fsp3) is 0.286. The van der Waals surface area contributed by atoms with Gasteiger partial charge in [0.05, 0.1) is 0 Å². The molecule has 1 heterocycles. The Bertz CT molecular complexity index is 278. The molecular weight excluding hydrogens is 235 g/mol. The van der Waals surface area contributed by atoms with E-state index >= 15 is 0 Å². The normalized spacial score (nSPS) is 10.8. The Morgan fingerprint density at radius 1 is 1.50 bits per heavy atom. The van der Waals surface area contributed by atoms with E-state index in [1.165, 1.54) is 6.92 Å². The first kappa shape index (κ1) is 9.51. The van der Waals surface area contributed by atoms with Gasteiger partial charge in [0.2, 0.25) is 0 Å². The predicted molar refractivity (Wildman–Crippen MR) is 41.6 cm³/mol. The zero-order chi connectivity index (χ0) is 9.30. The van der Waals surface area contributed by atoms with E-state index in [-0.39, 0.29) is 10.2 Å². The summed E-state index contributed by atoms with van der Waals surface area (Å²) in [5, 5.41) is 0. The number of pyridine rings is 1. The van der Waals surface area contributed by atoms with Crippen LogP contribution in [0.1, 0.15) is 17.7 Å². The van der Waals surface area contributed by atoms with Crippen molar-refractivity contribution in [3.63, 3.8) is 0 Å². The van der Waals surface area contributed by atoms with Gasteiger partial charge in [-0.15, -0.1) is 0 Å². The van der Waals surface area contributed by atoms with Crippen molar-refractivity contribution in [2.75, 3.05) is 0 Å². The third-order valence-electron chi connectivity index (χ3n) is 1.39. The molecule has 12 heavy (non-hydrogen) atoms. The van der Waals surface area contributed by atoms with Crippen LogP contribution in [0.15, 0.2) is 10.7 Å². The van der Waals surface area contributed by atoms with Crippen LogP contribution in [0.3, 0.4) is 0 Å². The van der Waals surface area contributed by atoms with Gasteiger partial charge in [-0.2, -0.15) is 0 Å². The van der Waals surface area contributed by atoms with E-state index in [9.17, 15) is 13.2 Å². The van der Waals surface area contributed by atoms with Gasteiger partial charge in [0, 0.05) is 11.6 Å². The molecule has 0 fully saturated rings. The van der Waals surface area contributed by atoms with Crippen molar-refractivity contribution in [3.05, 3.63) is 27.7 Å². The molecule has 0 atom stereocenters. The minimum absolute atomic E-state index is 0.123. The first-order valence-electron chi connectivity index (χ1n) is 3.13. The van der Waals surface area contributed by atoms with Crippen molar-refractivity contribution in [2.45, 2.75) is 13.3 Å². The first-order chi connectivity index (χ1) is 5.52. The zero-order valence-corrected chi connectivity index (χ0v) is 7.70. The predicted octanol–water partition coefficient (Wildman–Crippen LogP) is 3.23. The van der Waals surface area contributed by atoms with E-state index in [0.717, 1.165) is 6.07 Å². The van der Waals surface area contributed by atoms with Crippen molar-refractivity contribution >= 4 is 15.9 Å². The highest BCUT2D eigenvalue weighted by molar-refractivity contribution is 9.10. The summed E-state index contributed by atoms with van der Waals surface area (Å²) in [6.07, 6.45) is -2.74. The molecule has 66 valence electrons. The maximum Gasteiger partial charge on any atom is 0.280 e. The summed E-state index contributed by atoms with van der Waals surface area (Å²) >= 11 is 2.88. The zero-order valence-electron chi connectivity index (χ0n) is 6.11. The van der Waals surface area contributed by atoms with Gasteiger partial charge in [0.1, 0.15) is 16.1 Å². The van der Waals surface area contributed by atoms with E-state index < -0.39 is 17.9 Å². The van der Waals surface area contributed by atoms with Crippen molar-refractivity contribution in [1.29, 1.82) is 0 Å². The van der Waals surface area contributed by atoms with E-state index in [4.69, 9.17) is 0 Å². The van der Waals surface area contributed by atoms with Crippen LogP contribution in [-0.2, 0) is 0 Å². The Kier molecular flexibility index (Phi) is 2.72. The van der Waals surface area contributed by atoms with Crippen LogP contribution in [0.5, 0.6) is 0 Å². The Balaban J connectivity index is 3.21. The molecule has 1 aromatic heterocycles. The molecule has 0 saturated carbocycles. The molecule has 0 radical (unpaired) electrons. The monoisotopic (exact) mass is 239 g/mol. The molecular formula is C7H5BrF3N. The largest absolute Gasteiger partial charge is 0.280 e. The van der Waals surface area contributed by atoms with Gasteiger partial charge in [-0.05, 0) is 22.9 Å². The second-order valence-electron chi connectivity index (χ2n) is 2.25. The van der Waals surface area contributed by atoms with Gasteiger partial charge in [0.25, 0.3) is 6.43 Å². The van der Waals surface area contributed by atoms with Crippen molar-refractivity contribution in [3.8, 4) is 0 Å². The van der Waals surface area contributed by atoms with Gasteiger partial charge in [0.15, 0.2) is 0 Å². The number of halogens is 4. The molecule has 0 saturated heterocycles.